The molecule has 0 aliphatic heterocycles. The van der Waals surface area contributed by atoms with Gasteiger partial charge in [-0.25, -0.2) is 0 Å². The van der Waals surface area contributed by atoms with E-state index in [2.05, 4.69) is 13.8 Å². The van der Waals surface area contributed by atoms with Crippen LogP contribution in [0.5, 0.6) is 0 Å². The Labute approximate surface area is 135 Å². The van der Waals surface area contributed by atoms with Crippen molar-refractivity contribution in [3.8, 4) is 0 Å². The highest BCUT2D eigenvalue weighted by atomic mass is 16.6. The van der Waals surface area contributed by atoms with Crippen LogP contribution < -0.4 is 0 Å². The summed E-state index contributed by atoms with van der Waals surface area (Å²) in [5, 5.41) is 0. The smallest absolute Gasteiger partial charge is 0.305 e. The van der Waals surface area contributed by atoms with Gasteiger partial charge in [-0.3, -0.25) is 9.59 Å². The molecule has 0 unspecified atom stereocenters. The van der Waals surface area contributed by atoms with Crippen LogP contribution in [0, 0.1) is 0 Å². The van der Waals surface area contributed by atoms with Crippen LogP contribution in [0.1, 0.15) is 90.9 Å². The van der Waals surface area contributed by atoms with E-state index in [1.165, 1.54) is 25.7 Å². The molecule has 4 heteroatoms. The third-order valence-electron chi connectivity index (χ3n) is 3.58. The molecular weight excluding hydrogens is 280 g/mol. The minimum absolute atomic E-state index is 0.175. The second-order valence-electron chi connectivity index (χ2n) is 5.77. The van der Waals surface area contributed by atoms with Crippen molar-refractivity contribution in [2.24, 2.45) is 0 Å². The number of hydrogen-bond acceptors (Lipinski definition) is 4. The molecular formula is C18H34O4. The molecule has 0 aromatic rings. The highest BCUT2D eigenvalue weighted by Gasteiger charge is 2.05. The van der Waals surface area contributed by atoms with Crippen LogP contribution in [0.2, 0.25) is 0 Å². The van der Waals surface area contributed by atoms with Gasteiger partial charge in [0.05, 0.1) is 0 Å². The summed E-state index contributed by atoms with van der Waals surface area (Å²) >= 11 is 0. The lowest BCUT2D eigenvalue weighted by atomic mass is 10.1. The molecule has 0 aromatic carbocycles. The second-order valence-corrected chi connectivity index (χ2v) is 5.77. The van der Waals surface area contributed by atoms with Gasteiger partial charge in [0.2, 0.25) is 0 Å². The zero-order valence-corrected chi connectivity index (χ0v) is 14.5. The molecule has 0 saturated carbocycles. The van der Waals surface area contributed by atoms with Crippen molar-refractivity contribution < 1.29 is 19.1 Å². The average Bonchev–Trinajstić information content (AvgIpc) is 2.51. The Morgan fingerprint density at radius 1 is 0.591 bits per heavy atom. The molecule has 4 nitrogen and oxygen atoms in total. The first-order chi connectivity index (χ1) is 10.7. The van der Waals surface area contributed by atoms with Gasteiger partial charge in [0.25, 0.3) is 0 Å². The fourth-order valence-corrected chi connectivity index (χ4v) is 2.20. The third kappa shape index (κ3) is 15.3. The SMILES string of the molecule is CCCCCCCCC(=O)OCCOC(=O)CCCCCC. The second kappa shape index (κ2) is 16.3. The fraction of sp³-hybridized carbons (Fsp3) is 0.889. The predicted molar refractivity (Wildman–Crippen MR) is 88.7 cm³/mol. The summed E-state index contributed by atoms with van der Waals surface area (Å²) < 4.78 is 10.1. The standard InChI is InChI=1S/C18H34O4/c1-3-5-7-9-10-12-14-18(20)22-16-15-21-17(19)13-11-8-6-4-2/h3-16H2,1-2H3. The van der Waals surface area contributed by atoms with Crippen LogP contribution in [0.3, 0.4) is 0 Å². The molecule has 0 bridgehead atoms. The molecule has 0 atom stereocenters. The van der Waals surface area contributed by atoms with E-state index in [0.29, 0.717) is 12.8 Å². The largest absolute Gasteiger partial charge is 0.462 e. The van der Waals surface area contributed by atoms with E-state index in [9.17, 15) is 9.59 Å². The summed E-state index contributed by atoms with van der Waals surface area (Å²) in [7, 11) is 0. The molecule has 0 aromatic heterocycles. The van der Waals surface area contributed by atoms with Gasteiger partial charge in [0.15, 0.2) is 0 Å². The van der Waals surface area contributed by atoms with Crippen molar-refractivity contribution in [1.29, 1.82) is 0 Å². The predicted octanol–water partition coefficient (Wildman–Crippen LogP) is 4.79. The van der Waals surface area contributed by atoms with E-state index >= 15 is 0 Å². The molecule has 0 spiro atoms. The summed E-state index contributed by atoms with van der Waals surface area (Å²) in [6, 6.07) is 0. The first kappa shape index (κ1) is 20.9. The van der Waals surface area contributed by atoms with Crippen LogP contribution in [0.4, 0.5) is 0 Å². The summed E-state index contributed by atoms with van der Waals surface area (Å²) in [4.78, 5) is 22.8. The lowest BCUT2D eigenvalue weighted by molar-refractivity contribution is -0.152. The lowest BCUT2D eigenvalue weighted by Crippen LogP contribution is -2.13. The highest BCUT2D eigenvalue weighted by molar-refractivity contribution is 5.70. The zero-order valence-electron chi connectivity index (χ0n) is 14.5. The molecule has 0 heterocycles. The average molecular weight is 314 g/mol. The molecule has 0 saturated heterocycles. The van der Waals surface area contributed by atoms with E-state index in [-0.39, 0.29) is 25.2 Å². The van der Waals surface area contributed by atoms with E-state index in [1.54, 1.807) is 0 Å². The van der Waals surface area contributed by atoms with Crippen LogP contribution in [-0.2, 0) is 19.1 Å². The van der Waals surface area contributed by atoms with Gasteiger partial charge in [0.1, 0.15) is 13.2 Å². The van der Waals surface area contributed by atoms with Gasteiger partial charge in [-0.1, -0.05) is 65.2 Å². The third-order valence-corrected chi connectivity index (χ3v) is 3.58. The number of carbonyl (C=O) groups is 2. The Kier molecular flexibility index (Phi) is 15.5. The Hall–Kier alpha value is -1.06. The molecule has 0 radical (unpaired) electrons. The van der Waals surface area contributed by atoms with Crippen LogP contribution in [0.25, 0.3) is 0 Å². The molecule has 0 aliphatic rings. The quantitative estimate of drug-likeness (QED) is 0.322. The number of hydrogen-bond donors (Lipinski definition) is 0. The maximum atomic E-state index is 11.5. The minimum atomic E-state index is -0.192. The zero-order chi connectivity index (χ0) is 16.5. The Morgan fingerprint density at radius 2 is 0.955 bits per heavy atom. The van der Waals surface area contributed by atoms with Gasteiger partial charge >= 0.3 is 11.9 Å². The summed E-state index contributed by atoms with van der Waals surface area (Å²) in [6.45, 7) is 4.68. The number of ether oxygens (including phenoxy) is 2. The molecule has 0 N–H and O–H groups in total. The monoisotopic (exact) mass is 314 g/mol. The van der Waals surface area contributed by atoms with E-state index in [4.69, 9.17) is 9.47 Å². The molecule has 0 rings (SSSR count). The van der Waals surface area contributed by atoms with Gasteiger partial charge in [0, 0.05) is 12.8 Å². The molecule has 0 amide bonds. The first-order valence-electron chi connectivity index (χ1n) is 9.02. The van der Waals surface area contributed by atoms with Crippen molar-refractivity contribution >= 4 is 11.9 Å². The van der Waals surface area contributed by atoms with E-state index in [1.807, 2.05) is 0 Å². The Balaban J connectivity index is 3.32. The Morgan fingerprint density at radius 3 is 1.41 bits per heavy atom. The van der Waals surface area contributed by atoms with Crippen molar-refractivity contribution in [1.82, 2.24) is 0 Å². The normalized spacial score (nSPS) is 10.5. The number of rotatable bonds is 15. The highest BCUT2D eigenvalue weighted by Crippen LogP contribution is 2.07. The van der Waals surface area contributed by atoms with Gasteiger partial charge in [-0.05, 0) is 12.8 Å². The molecule has 0 aliphatic carbocycles. The van der Waals surface area contributed by atoms with E-state index in [0.717, 1.165) is 38.5 Å². The fourth-order valence-electron chi connectivity index (χ4n) is 2.20. The summed E-state index contributed by atoms with van der Waals surface area (Å²) in [5.41, 5.74) is 0. The molecule has 130 valence electrons. The summed E-state index contributed by atoms with van der Waals surface area (Å²) in [6.07, 6.45) is 12.1. The van der Waals surface area contributed by atoms with Gasteiger partial charge in [-0.15, -0.1) is 0 Å². The van der Waals surface area contributed by atoms with Gasteiger partial charge < -0.3 is 9.47 Å². The molecule has 22 heavy (non-hydrogen) atoms. The lowest BCUT2D eigenvalue weighted by Gasteiger charge is -2.06. The maximum Gasteiger partial charge on any atom is 0.305 e. The molecule has 0 fully saturated rings. The minimum Gasteiger partial charge on any atom is -0.462 e. The van der Waals surface area contributed by atoms with Crippen molar-refractivity contribution in [2.75, 3.05) is 13.2 Å². The summed E-state index contributed by atoms with van der Waals surface area (Å²) in [5.74, 6) is -0.377. The maximum absolute atomic E-state index is 11.5. The number of esters is 2. The number of carbonyl (C=O) groups excluding carboxylic acids is 2. The topological polar surface area (TPSA) is 52.6 Å². The van der Waals surface area contributed by atoms with Gasteiger partial charge in [-0.2, -0.15) is 0 Å². The van der Waals surface area contributed by atoms with Crippen LogP contribution in [-0.4, -0.2) is 25.2 Å². The van der Waals surface area contributed by atoms with E-state index < -0.39 is 0 Å². The van der Waals surface area contributed by atoms with Crippen LogP contribution >= 0.6 is 0 Å². The first-order valence-corrected chi connectivity index (χ1v) is 9.02. The van der Waals surface area contributed by atoms with Crippen LogP contribution in [0.15, 0.2) is 0 Å². The number of unbranched alkanes of at least 4 members (excludes halogenated alkanes) is 8. The Bertz CT molecular complexity index is 276. The van der Waals surface area contributed by atoms with Crippen molar-refractivity contribution in [2.45, 2.75) is 90.9 Å². The van der Waals surface area contributed by atoms with Crippen molar-refractivity contribution in [3.05, 3.63) is 0 Å². The van der Waals surface area contributed by atoms with Crippen molar-refractivity contribution in [3.63, 3.8) is 0 Å².